The van der Waals surface area contributed by atoms with Crippen molar-refractivity contribution in [2.75, 3.05) is 25.2 Å². The van der Waals surface area contributed by atoms with Gasteiger partial charge in [-0.15, -0.1) is 0 Å². The Kier molecular flexibility index (Phi) is 6.02. The molecule has 0 amide bonds. The minimum absolute atomic E-state index is 0.0474. The molecular weight excluding hydrogens is 206 g/mol. The van der Waals surface area contributed by atoms with E-state index < -0.39 is 0 Å². The molecule has 0 aromatic rings. The summed E-state index contributed by atoms with van der Waals surface area (Å²) in [6, 6.07) is 0. The quantitative estimate of drug-likeness (QED) is 0.705. The molecule has 0 aromatic heterocycles. The van der Waals surface area contributed by atoms with Gasteiger partial charge >= 0.3 is 0 Å². The molecule has 15 heavy (non-hydrogen) atoms. The average Bonchev–Trinajstić information content (AvgIpc) is 2.67. The molecule has 0 heterocycles. The molecule has 1 aliphatic carbocycles. The van der Waals surface area contributed by atoms with Crippen molar-refractivity contribution in [1.29, 1.82) is 0 Å². The van der Waals surface area contributed by atoms with Crippen LogP contribution in [0.5, 0.6) is 0 Å². The van der Waals surface area contributed by atoms with Gasteiger partial charge in [0.2, 0.25) is 0 Å². The Morgan fingerprint density at radius 2 is 2.33 bits per heavy atom. The maximum absolute atomic E-state index is 9.64. The fourth-order valence-corrected chi connectivity index (χ4v) is 3.22. The normalized spacial score (nSPS) is 31.0. The minimum atomic E-state index is 0.0474. The van der Waals surface area contributed by atoms with E-state index in [2.05, 4.69) is 18.5 Å². The molecule has 1 aliphatic rings. The molecule has 1 fully saturated rings. The second-order valence-electron chi connectivity index (χ2n) is 4.61. The van der Waals surface area contributed by atoms with E-state index in [-0.39, 0.29) is 5.54 Å². The summed E-state index contributed by atoms with van der Waals surface area (Å²) >= 11 is 1.91. The number of hydrogen-bond donors (Lipinski definition) is 2. The van der Waals surface area contributed by atoms with Crippen molar-refractivity contribution in [3.63, 3.8) is 0 Å². The third-order valence-electron chi connectivity index (χ3n) is 3.64. The molecule has 3 heteroatoms. The van der Waals surface area contributed by atoms with Crippen molar-refractivity contribution in [2.24, 2.45) is 5.92 Å². The molecule has 2 N–H and O–H groups in total. The van der Waals surface area contributed by atoms with Crippen LogP contribution >= 0.6 is 11.8 Å². The highest BCUT2D eigenvalue weighted by Gasteiger charge is 2.41. The summed E-state index contributed by atoms with van der Waals surface area (Å²) in [5.41, 5.74) is 0.0474. The van der Waals surface area contributed by atoms with E-state index in [1.165, 1.54) is 25.0 Å². The Morgan fingerprint density at radius 1 is 1.53 bits per heavy atom. The van der Waals surface area contributed by atoms with Gasteiger partial charge in [0.25, 0.3) is 0 Å². The zero-order valence-corrected chi connectivity index (χ0v) is 10.9. The van der Waals surface area contributed by atoms with Gasteiger partial charge in [0, 0.05) is 5.54 Å². The zero-order chi connectivity index (χ0) is 11.1. The monoisotopic (exact) mass is 231 g/mol. The summed E-state index contributed by atoms with van der Waals surface area (Å²) < 4.78 is 0. The highest BCUT2D eigenvalue weighted by Crippen LogP contribution is 2.38. The molecule has 2 unspecified atom stereocenters. The molecule has 0 spiro atoms. The fourth-order valence-electron chi connectivity index (χ4n) is 2.70. The molecule has 0 aromatic carbocycles. The molecule has 90 valence electrons. The molecule has 0 bridgehead atoms. The Morgan fingerprint density at radius 3 is 2.93 bits per heavy atom. The van der Waals surface area contributed by atoms with Gasteiger partial charge in [-0.3, -0.25) is 0 Å². The SMILES string of the molecule is CCCNC1(CO)CCCC1CCSC. The van der Waals surface area contributed by atoms with Gasteiger partial charge in [-0.25, -0.2) is 0 Å². The largest absolute Gasteiger partial charge is 0.394 e. The first-order chi connectivity index (χ1) is 7.29. The van der Waals surface area contributed by atoms with Crippen molar-refractivity contribution in [3.05, 3.63) is 0 Å². The van der Waals surface area contributed by atoms with Crippen LogP contribution in [-0.4, -0.2) is 35.8 Å². The Balaban J connectivity index is 2.51. The van der Waals surface area contributed by atoms with Crippen molar-refractivity contribution in [2.45, 2.75) is 44.6 Å². The first-order valence-corrected chi connectivity index (χ1v) is 7.53. The number of nitrogens with one attached hydrogen (secondary N) is 1. The maximum Gasteiger partial charge on any atom is 0.0616 e. The predicted molar refractivity (Wildman–Crippen MR) is 68.5 cm³/mol. The third kappa shape index (κ3) is 3.36. The van der Waals surface area contributed by atoms with Gasteiger partial charge in [-0.1, -0.05) is 13.3 Å². The Bertz CT molecular complexity index is 177. The Labute approximate surface area is 98.2 Å². The molecule has 1 saturated carbocycles. The number of thioether (sulfide) groups is 1. The first kappa shape index (κ1) is 13.3. The summed E-state index contributed by atoms with van der Waals surface area (Å²) in [5.74, 6) is 1.90. The van der Waals surface area contributed by atoms with E-state index >= 15 is 0 Å². The second kappa shape index (κ2) is 6.77. The smallest absolute Gasteiger partial charge is 0.0616 e. The van der Waals surface area contributed by atoms with Crippen molar-refractivity contribution >= 4 is 11.8 Å². The number of rotatable bonds is 7. The highest BCUT2D eigenvalue weighted by atomic mass is 32.2. The molecule has 1 rings (SSSR count). The lowest BCUT2D eigenvalue weighted by Gasteiger charge is -2.35. The van der Waals surface area contributed by atoms with Crippen LogP contribution < -0.4 is 5.32 Å². The van der Waals surface area contributed by atoms with Crippen LogP contribution in [0.2, 0.25) is 0 Å². The van der Waals surface area contributed by atoms with Gasteiger partial charge in [0.15, 0.2) is 0 Å². The van der Waals surface area contributed by atoms with E-state index in [0.29, 0.717) is 12.5 Å². The third-order valence-corrected chi connectivity index (χ3v) is 4.28. The van der Waals surface area contributed by atoms with E-state index in [1.807, 2.05) is 11.8 Å². The summed E-state index contributed by atoms with van der Waals surface area (Å²) in [6.07, 6.45) is 8.28. The molecular formula is C12H25NOS. The van der Waals surface area contributed by atoms with Crippen LogP contribution in [0.3, 0.4) is 0 Å². The minimum Gasteiger partial charge on any atom is -0.394 e. The number of aliphatic hydroxyl groups excluding tert-OH is 1. The van der Waals surface area contributed by atoms with E-state index in [4.69, 9.17) is 0 Å². The summed E-state index contributed by atoms with van der Waals surface area (Å²) in [5, 5.41) is 13.2. The molecule has 2 atom stereocenters. The van der Waals surface area contributed by atoms with Gasteiger partial charge in [0.05, 0.1) is 6.61 Å². The molecule has 0 aliphatic heterocycles. The molecule has 2 nitrogen and oxygen atoms in total. The Hall–Kier alpha value is 0.270. The topological polar surface area (TPSA) is 32.3 Å². The zero-order valence-electron chi connectivity index (χ0n) is 10.1. The molecule has 0 radical (unpaired) electrons. The van der Waals surface area contributed by atoms with Crippen LogP contribution in [0.1, 0.15) is 39.0 Å². The molecule has 0 saturated heterocycles. The van der Waals surface area contributed by atoms with Gasteiger partial charge in [-0.2, -0.15) is 11.8 Å². The van der Waals surface area contributed by atoms with Crippen molar-refractivity contribution < 1.29 is 5.11 Å². The maximum atomic E-state index is 9.64. The second-order valence-corrected chi connectivity index (χ2v) is 5.60. The van der Waals surface area contributed by atoms with Crippen LogP contribution in [0, 0.1) is 5.92 Å². The lowest BCUT2D eigenvalue weighted by atomic mass is 9.85. The van der Waals surface area contributed by atoms with Crippen LogP contribution in [0.15, 0.2) is 0 Å². The van der Waals surface area contributed by atoms with E-state index in [0.717, 1.165) is 19.4 Å². The summed E-state index contributed by atoms with van der Waals surface area (Å²) in [7, 11) is 0. The van der Waals surface area contributed by atoms with Gasteiger partial charge < -0.3 is 10.4 Å². The van der Waals surface area contributed by atoms with Gasteiger partial charge in [-0.05, 0) is 50.2 Å². The lowest BCUT2D eigenvalue weighted by Crippen LogP contribution is -2.51. The van der Waals surface area contributed by atoms with Gasteiger partial charge in [0.1, 0.15) is 0 Å². The number of aliphatic hydroxyl groups is 1. The lowest BCUT2D eigenvalue weighted by molar-refractivity contribution is 0.122. The standard InChI is InChI=1S/C12H25NOS/c1-3-8-13-12(10-14)7-4-5-11(12)6-9-15-2/h11,13-14H,3-10H2,1-2H3. The first-order valence-electron chi connectivity index (χ1n) is 6.14. The number of hydrogen-bond acceptors (Lipinski definition) is 3. The fraction of sp³-hybridized carbons (Fsp3) is 1.00. The van der Waals surface area contributed by atoms with E-state index in [9.17, 15) is 5.11 Å². The van der Waals surface area contributed by atoms with Crippen LogP contribution in [0.25, 0.3) is 0 Å². The van der Waals surface area contributed by atoms with Crippen molar-refractivity contribution in [3.8, 4) is 0 Å². The van der Waals surface area contributed by atoms with Crippen molar-refractivity contribution in [1.82, 2.24) is 5.32 Å². The average molecular weight is 231 g/mol. The highest BCUT2D eigenvalue weighted by molar-refractivity contribution is 7.98. The van der Waals surface area contributed by atoms with E-state index in [1.54, 1.807) is 0 Å². The van der Waals surface area contributed by atoms with Crippen LogP contribution in [0.4, 0.5) is 0 Å². The summed E-state index contributed by atoms with van der Waals surface area (Å²) in [6.45, 7) is 3.53. The summed E-state index contributed by atoms with van der Waals surface area (Å²) in [4.78, 5) is 0. The van der Waals surface area contributed by atoms with Crippen LogP contribution in [-0.2, 0) is 0 Å². The predicted octanol–water partition coefficient (Wildman–Crippen LogP) is 2.27.